The van der Waals surface area contributed by atoms with Crippen LogP contribution in [0.25, 0.3) is 0 Å². The maximum absolute atomic E-state index is 5.00. The third-order valence-corrected chi connectivity index (χ3v) is 3.12. The summed E-state index contributed by atoms with van der Waals surface area (Å²) in [5.41, 5.74) is 0. The molecule has 15 heavy (non-hydrogen) atoms. The van der Waals surface area contributed by atoms with Crippen LogP contribution in [0.2, 0.25) is 0 Å². The lowest BCUT2D eigenvalue weighted by Crippen LogP contribution is -2.42. The van der Waals surface area contributed by atoms with Gasteiger partial charge >= 0.3 is 0 Å². The highest BCUT2D eigenvalue weighted by molar-refractivity contribution is 4.70. The van der Waals surface area contributed by atoms with Crippen LogP contribution in [-0.4, -0.2) is 50.8 Å². The summed E-state index contributed by atoms with van der Waals surface area (Å²) in [6.45, 7) is 9.75. The molecule has 0 aromatic rings. The van der Waals surface area contributed by atoms with Gasteiger partial charge in [0, 0.05) is 32.3 Å². The van der Waals surface area contributed by atoms with Crippen LogP contribution in [0.1, 0.15) is 33.6 Å². The summed E-state index contributed by atoms with van der Waals surface area (Å²) in [5.74, 6) is 0. The molecule has 0 saturated carbocycles. The van der Waals surface area contributed by atoms with Crippen molar-refractivity contribution in [3.8, 4) is 0 Å². The van der Waals surface area contributed by atoms with Crippen LogP contribution in [0.15, 0.2) is 0 Å². The Labute approximate surface area is 95.2 Å². The van der Waals surface area contributed by atoms with E-state index in [1.54, 1.807) is 7.11 Å². The first-order valence-electron chi connectivity index (χ1n) is 6.05. The summed E-state index contributed by atoms with van der Waals surface area (Å²) >= 11 is 0. The fourth-order valence-corrected chi connectivity index (χ4v) is 1.52. The van der Waals surface area contributed by atoms with Crippen molar-refractivity contribution in [3.05, 3.63) is 0 Å². The number of rotatable bonds is 9. The van der Waals surface area contributed by atoms with Gasteiger partial charge in [0.1, 0.15) is 0 Å². The zero-order chi connectivity index (χ0) is 11.7. The molecule has 2 unspecified atom stereocenters. The minimum Gasteiger partial charge on any atom is -0.385 e. The fraction of sp³-hybridized carbons (Fsp3) is 1.00. The average Bonchev–Trinajstić information content (AvgIpc) is 2.26. The third-order valence-electron chi connectivity index (χ3n) is 3.12. The molecule has 3 nitrogen and oxygen atoms in total. The molecular weight excluding hydrogens is 188 g/mol. The summed E-state index contributed by atoms with van der Waals surface area (Å²) in [5, 5.41) is 3.46. The Morgan fingerprint density at radius 2 is 1.93 bits per heavy atom. The van der Waals surface area contributed by atoms with E-state index < -0.39 is 0 Å². The molecule has 0 spiro atoms. The SMILES string of the molecule is CCC(C)N(C)C(C)CNCCCOC. The number of hydrogen-bond acceptors (Lipinski definition) is 3. The molecule has 0 aromatic carbocycles. The zero-order valence-electron chi connectivity index (χ0n) is 11.0. The first kappa shape index (κ1) is 14.9. The lowest BCUT2D eigenvalue weighted by Gasteiger charge is -2.30. The lowest BCUT2D eigenvalue weighted by atomic mass is 10.2. The number of nitrogens with one attached hydrogen (secondary N) is 1. The minimum atomic E-state index is 0.600. The molecule has 92 valence electrons. The fourth-order valence-electron chi connectivity index (χ4n) is 1.52. The first-order valence-corrected chi connectivity index (χ1v) is 6.05. The normalized spacial score (nSPS) is 15.6. The van der Waals surface area contributed by atoms with Crippen molar-refractivity contribution in [3.63, 3.8) is 0 Å². The molecule has 3 heteroatoms. The van der Waals surface area contributed by atoms with E-state index in [4.69, 9.17) is 4.74 Å². The van der Waals surface area contributed by atoms with Crippen LogP contribution in [-0.2, 0) is 4.74 Å². The minimum absolute atomic E-state index is 0.600. The van der Waals surface area contributed by atoms with Crippen molar-refractivity contribution < 1.29 is 4.74 Å². The Kier molecular flexibility index (Phi) is 9.06. The Balaban J connectivity index is 3.50. The van der Waals surface area contributed by atoms with Gasteiger partial charge in [-0.1, -0.05) is 6.92 Å². The Bertz CT molecular complexity index is 142. The number of hydrogen-bond donors (Lipinski definition) is 1. The van der Waals surface area contributed by atoms with Gasteiger partial charge in [0.25, 0.3) is 0 Å². The summed E-state index contributed by atoms with van der Waals surface area (Å²) in [4.78, 5) is 2.43. The number of ether oxygens (including phenoxy) is 1. The highest BCUT2D eigenvalue weighted by Crippen LogP contribution is 2.04. The second-order valence-electron chi connectivity index (χ2n) is 4.32. The Hall–Kier alpha value is -0.120. The molecule has 0 heterocycles. The van der Waals surface area contributed by atoms with Crippen molar-refractivity contribution in [2.24, 2.45) is 0 Å². The van der Waals surface area contributed by atoms with Crippen LogP contribution in [0.3, 0.4) is 0 Å². The van der Waals surface area contributed by atoms with E-state index in [0.29, 0.717) is 12.1 Å². The van der Waals surface area contributed by atoms with Crippen LogP contribution >= 0.6 is 0 Å². The van der Waals surface area contributed by atoms with Crippen molar-refractivity contribution in [1.29, 1.82) is 0 Å². The quantitative estimate of drug-likeness (QED) is 0.594. The maximum atomic E-state index is 5.00. The maximum Gasteiger partial charge on any atom is 0.0474 e. The average molecular weight is 216 g/mol. The van der Waals surface area contributed by atoms with Gasteiger partial charge in [0.2, 0.25) is 0 Å². The summed E-state index contributed by atoms with van der Waals surface area (Å²) in [6, 6.07) is 1.27. The molecule has 0 fully saturated rings. The van der Waals surface area contributed by atoms with Gasteiger partial charge < -0.3 is 10.1 Å². The van der Waals surface area contributed by atoms with E-state index in [2.05, 4.69) is 38.0 Å². The number of methoxy groups -OCH3 is 1. The molecule has 0 bridgehead atoms. The smallest absolute Gasteiger partial charge is 0.0474 e. The standard InChI is InChI=1S/C12H28N2O/c1-6-11(2)14(4)12(3)10-13-8-7-9-15-5/h11-13H,6-10H2,1-5H3. The largest absolute Gasteiger partial charge is 0.385 e. The molecule has 0 rings (SSSR count). The van der Waals surface area contributed by atoms with E-state index in [0.717, 1.165) is 26.1 Å². The van der Waals surface area contributed by atoms with Crippen LogP contribution in [0, 0.1) is 0 Å². The number of nitrogens with zero attached hydrogens (tertiary/aromatic N) is 1. The van der Waals surface area contributed by atoms with Gasteiger partial charge in [-0.3, -0.25) is 4.90 Å². The van der Waals surface area contributed by atoms with Crippen molar-refractivity contribution in [2.75, 3.05) is 33.9 Å². The van der Waals surface area contributed by atoms with Gasteiger partial charge in [-0.15, -0.1) is 0 Å². The van der Waals surface area contributed by atoms with Gasteiger partial charge in [-0.2, -0.15) is 0 Å². The third kappa shape index (κ3) is 6.88. The predicted octanol–water partition coefficient (Wildman–Crippen LogP) is 1.73. The second kappa shape index (κ2) is 9.13. The molecule has 1 N–H and O–H groups in total. The molecule has 2 atom stereocenters. The molecular formula is C12H28N2O. The van der Waals surface area contributed by atoms with E-state index in [-0.39, 0.29) is 0 Å². The Morgan fingerprint density at radius 1 is 1.27 bits per heavy atom. The summed E-state index contributed by atoms with van der Waals surface area (Å²) in [7, 11) is 3.95. The second-order valence-corrected chi connectivity index (χ2v) is 4.32. The Morgan fingerprint density at radius 3 is 2.47 bits per heavy atom. The van der Waals surface area contributed by atoms with E-state index in [1.807, 2.05) is 0 Å². The monoisotopic (exact) mass is 216 g/mol. The van der Waals surface area contributed by atoms with Crippen LogP contribution in [0.5, 0.6) is 0 Å². The molecule has 0 aliphatic heterocycles. The van der Waals surface area contributed by atoms with Crippen molar-refractivity contribution >= 4 is 0 Å². The summed E-state index contributed by atoms with van der Waals surface area (Å²) in [6.07, 6.45) is 2.31. The topological polar surface area (TPSA) is 24.5 Å². The van der Waals surface area contributed by atoms with Crippen LogP contribution < -0.4 is 5.32 Å². The summed E-state index contributed by atoms with van der Waals surface area (Å²) < 4.78 is 5.00. The van der Waals surface area contributed by atoms with Gasteiger partial charge in [-0.25, -0.2) is 0 Å². The molecule has 0 amide bonds. The van der Waals surface area contributed by atoms with Gasteiger partial charge in [0.15, 0.2) is 0 Å². The first-order chi connectivity index (χ1) is 7.13. The predicted molar refractivity (Wildman–Crippen MR) is 66.3 cm³/mol. The van der Waals surface area contributed by atoms with Crippen LogP contribution in [0.4, 0.5) is 0 Å². The van der Waals surface area contributed by atoms with E-state index in [1.165, 1.54) is 6.42 Å². The van der Waals surface area contributed by atoms with Crippen molar-refractivity contribution in [2.45, 2.75) is 45.7 Å². The van der Waals surface area contributed by atoms with E-state index >= 15 is 0 Å². The van der Waals surface area contributed by atoms with Gasteiger partial charge in [-0.05, 0) is 40.3 Å². The van der Waals surface area contributed by atoms with Gasteiger partial charge in [0.05, 0.1) is 0 Å². The van der Waals surface area contributed by atoms with Crippen molar-refractivity contribution in [1.82, 2.24) is 10.2 Å². The molecule has 0 saturated heterocycles. The molecule has 0 aliphatic carbocycles. The number of likely N-dealkylation sites (N-methyl/N-ethyl adjacent to an activating group) is 1. The highest BCUT2D eigenvalue weighted by atomic mass is 16.5. The highest BCUT2D eigenvalue weighted by Gasteiger charge is 2.13. The molecule has 0 aliphatic rings. The lowest BCUT2D eigenvalue weighted by molar-refractivity contribution is 0.179. The molecule has 0 radical (unpaired) electrons. The van der Waals surface area contributed by atoms with E-state index in [9.17, 15) is 0 Å². The molecule has 0 aromatic heterocycles. The zero-order valence-corrected chi connectivity index (χ0v) is 11.0.